The maximum absolute atomic E-state index is 9.00. The van der Waals surface area contributed by atoms with Crippen molar-refractivity contribution in [1.82, 2.24) is 92.0 Å². The Kier molecular flexibility index (Phi) is 78.1. The van der Waals surface area contributed by atoms with Crippen LogP contribution in [-0.2, 0) is 9.47 Å². The monoisotopic (exact) mass is 1530 g/mol. The summed E-state index contributed by atoms with van der Waals surface area (Å²) in [5, 5.41) is 107. The minimum absolute atomic E-state index is 0.0220. The van der Waals surface area contributed by atoms with Gasteiger partial charge in [-0.1, -0.05) is 32.1 Å². The number of aliphatic hydroxyl groups is 9. The summed E-state index contributed by atoms with van der Waals surface area (Å²) in [6.07, 6.45) is 23.3. The largest absolute Gasteiger partial charge is 0.395 e. The maximum Gasteiger partial charge on any atom is 0.0594 e. The normalized spacial score (nSPS) is 23.7. The van der Waals surface area contributed by atoms with Crippen molar-refractivity contribution in [2.75, 3.05) is 362 Å². The lowest BCUT2D eigenvalue weighted by molar-refractivity contribution is 0.0306. The third kappa shape index (κ3) is 70.7. The summed E-state index contributed by atoms with van der Waals surface area (Å²) in [7, 11) is 6.38. The van der Waals surface area contributed by atoms with E-state index in [1.54, 1.807) is 0 Å². The molecule has 14 fully saturated rings. The molecule has 0 aromatic rings. The van der Waals surface area contributed by atoms with Crippen LogP contribution in [0.25, 0.3) is 0 Å². The number of ether oxygens (including phenoxy) is 2. The predicted molar refractivity (Wildman–Crippen MR) is 437 cm³/mol. The number of β-amino-alcohol motifs (C(OH)–C–C–N with tert-alkyl or cyclic N) is 6. The Morgan fingerprint density at radius 2 is 0.481 bits per heavy atom. The Morgan fingerprint density at radius 3 is 0.764 bits per heavy atom. The van der Waals surface area contributed by atoms with Gasteiger partial charge < -0.3 is 128 Å². The molecule has 636 valence electrons. The van der Waals surface area contributed by atoms with Gasteiger partial charge in [-0.2, -0.15) is 0 Å². The molecule has 13 saturated heterocycles. The number of likely N-dealkylation sites (N-methyl/N-ethyl adjacent to an activating group) is 2. The highest BCUT2D eigenvalue weighted by Gasteiger charge is 2.16. The van der Waals surface area contributed by atoms with Crippen molar-refractivity contribution < 1.29 is 55.4 Å². The van der Waals surface area contributed by atoms with E-state index in [4.69, 9.17) is 55.4 Å². The number of hydrogen-bond donors (Lipinski definition) is 18. The smallest absolute Gasteiger partial charge is 0.0594 e. The van der Waals surface area contributed by atoms with Gasteiger partial charge in [0.2, 0.25) is 0 Å². The Balaban J connectivity index is 0.000000573. The SMILES string of the molecule is C1CCNC1.C1CCNCC1.C1CNCCN1.C1COCCN1.CN1CCC(O)CC1.CN1CCN(CCO)CC1.CN1CCNCC1.OC1CCCCC1.OC1CCNCC1.OCCN1CCCC1.OCCN1CCCCC1.OCCN1CCNCC1.OCCN1CCNCC1.OCCN1CCOCC1. The molecule has 13 heterocycles. The third-order valence-electron chi connectivity index (χ3n) is 20.1. The summed E-state index contributed by atoms with van der Waals surface area (Å²) in [6.45, 7) is 50.5. The van der Waals surface area contributed by atoms with E-state index in [-0.39, 0.29) is 24.9 Å². The van der Waals surface area contributed by atoms with Crippen molar-refractivity contribution in [2.24, 2.45) is 0 Å². The number of hydrogen-bond acceptors (Lipinski definition) is 29. The molecule has 1 saturated carbocycles. The molecule has 0 amide bonds. The second kappa shape index (κ2) is 80.4. The summed E-state index contributed by atoms with van der Waals surface area (Å²) in [6, 6.07) is 0. The Labute approximate surface area is 647 Å². The predicted octanol–water partition coefficient (Wildman–Crippen LogP) is -2.60. The number of nitrogens with one attached hydrogen (secondary N) is 9. The molecule has 1 aliphatic carbocycles. The van der Waals surface area contributed by atoms with Crippen LogP contribution in [0.5, 0.6) is 0 Å². The van der Waals surface area contributed by atoms with Crippen LogP contribution in [-0.4, -0.2) is 470 Å². The summed E-state index contributed by atoms with van der Waals surface area (Å²) < 4.78 is 10.1. The molecule has 0 bridgehead atoms. The summed E-state index contributed by atoms with van der Waals surface area (Å²) in [5.41, 5.74) is 0. The molecule has 29 heteroatoms. The molecular weight excluding hydrogens is 1350 g/mol. The lowest BCUT2D eigenvalue weighted by Gasteiger charge is -2.31. The standard InChI is InChI=1S/C7H16N2O.C7H15NO.2C6H14N2O.C6H13NO2.2C6H13NO.C6H12O.C5H12N2.C5H11NO.C5H11N.C4H10N2.C4H9NO.C4H9N/c1-8-2-4-9(5-3-8)6-7-10;9-7-6-8-4-2-1-3-5-8;2*9-6-5-8-3-1-7-2-4-8;8-4-1-7-2-5-9-6-3-7;1-7-4-2-6(8)3-5-7;8-6-5-7-3-1-2-4-7;7-6-4-2-1-3-5-6;1-7-4-2-6-3-5-7;7-5-1-3-6-4-2-5;1-2-4-6-5-3-1;1-2-6-4-3-5-1;1-3-6-4-2-5-1;1-2-4-5-3-1/h10H,2-7H2,1H3;9H,1-7H2;2*7,9H,1-6H2;8H,1-6H2;6,8H,2-5H2,1H3;8H,1-6H2;6-7H,1-5H2;6H,2-5H2,1H3;5-7H,1-4H2;6H,1-5H2;5-6H,1-4H2;5H,1-4H2;5H,1-4H2. The second-order valence-electron chi connectivity index (χ2n) is 29.6. The number of morpholine rings is 2. The van der Waals surface area contributed by atoms with E-state index >= 15 is 0 Å². The van der Waals surface area contributed by atoms with Crippen molar-refractivity contribution in [3.8, 4) is 0 Å². The topological polar surface area (TPSA) is 338 Å². The van der Waals surface area contributed by atoms with Crippen molar-refractivity contribution in [3.05, 3.63) is 0 Å². The van der Waals surface area contributed by atoms with Crippen molar-refractivity contribution in [1.29, 1.82) is 0 Å². The van der Waals surface area contributed by atoms with Gasteiger partial charge in [0, 0.05) is 209 Å². The molecule has 14 rings (SSSR count). The van der Waals surface area contributed by atoms with Crippen LogP contribution in [0.3, 0.4) is 0 Å². The first kappa shape index (κ1) is 103. The van der Waals surface area contributed by atoms with Crippen molar-refractivity contribution in [2.45, 2.75) is 140 Å². The summed E-state index contributed by atoms with van der Waals surface area (Å²) in [5.74, 6) is 0. The zero-order valence-electron chi connectivity index (χ0n) is 68.3. The zero-order valence-corrected chi connectivity index (χ0v) is 68.3. The quantitative estimate of drug-likeness (QED) is 0.0953. The van der Waals surface area contributed by atoms with Gasteiger partial charge in [0.05, 0.1) is 84.4 Å². The molecule has 29 nitrogen and oxygen atoms in total. The second-order valence-corrected chi connectivity index (χ2v) is 29.6. The van der Waals surface area contributed by atoms with Gasteiger partial charge in [0.25, 0.3) is 0 Å². The van der Waals surface area contributed by atoms with E-state index in [2.05, 4.69) is 113 Å². The van der Waals surface area contributed by atoms with Crippen LogP contribution in [0, 0.1) is 0 Å². The van der Waals surface area contributed by atoms with E-state index < -0.39 is 0 Å². The van der Waals surface area contributed by atoms with Gasteiger partial charge in [-0.3, -0.25) is 19.6 Å². The number of nitrogens with zero attached hydrogens (tertiary/aromatic N) is 9. The Bertz CT molecular complexity index is 1450. The van der Waals surface area contributed by atoms with Crippen LogP contribution < -0.4 is 47.9 Å². The fraction of sp³-hybridized carbons (Fsp3) is 1.00. The van der Waals surface area contributed by atoms with Crippen LogP contribution >= 0.6 is 0 Å². The lowest BCUT2D eigenvalue weighted by Crippen LogP contribution is -2.45. The molecule has 18 N–H and O–H groups in total. The molecule has 0 radical (unpaired) electrons. The van der Waals surface area contributed by atoms with Gasteiger partial charge >= 0.3 is 0 Å². The zero-order chi connectivity index (χ0) is 76.9. The summed E-state index contributed by atoms with van der Waals surface area (Å²) in [4.78, 5) is 20.5. The lowest BCUT2D eigenvalue weighted by atomic mass is 9.98. The number of rotatable bonds is 12. The van der Waals surface area contributed by atoms with Crippen LogP contribution in [0.15, 0.2) is 0 Å². The fourth-order valence-electron chi connectivity index (χ4n) is 13.0. The van der Waals surface area contributed by atoms with Gasteiger partial charge in [0.15, 0.2) is 0 Å². The van der Waals surface area contributed by atoms with E-state index in [0.29, 0.717) is 33.0 Å². The fourth-order valence-corrected chi connectivity index (χ4v) is 13.0. The molecule has 0 aromatic heterocycles. The van der Waals surface area contributed by atoms with E-state index in [0.717, 1.165) is 274 Å². The first-order chi connectivity index (χ1) is 52.0. The maximum atomic E-state index is 9.00. The number of piperazine rings is 5. The molecule has 14 aliphatic rings. The first-order valence-corrected chi connectivity index (χ1v) is 42.6. The number of likely N-dealkylation sites (tertiary alicyclic amines) is 3. The Hall–Kier alpha value is -1.16. The average molecular weight is 1530 g/mol. The molecule has 0 atom stereocenters. The average Bonchev–Trinajstić information content (AvgIpc) is 1.48. The first-order valence-electron chi connectivity index (χ1n) is 42.6. The van der Waals surface area contributed by atoms with Crippen molar-refractivity contribution in [3.63, 3.8) is 0 Å². The molecule has 0 spiro atoms. The van der Waals surface area contributed by atoms with Gasteiger partial charge in [-0.25, -0.2) is 0 Å². The molecule has 0 unspecified atom stereocenters. The highest BCUT2D eigenvalue weighted by Crippen LogP contribution is 2.16. The van der Waals surface area contributed by atoms with Gasteiger partial charge in [0.1, 0.15) is 0 Å². The van der Waals surface area contributed by atoms with E-state index in [1.165, 1.54) is 149 Å². The molecule has 13 aliphatic heterocycles. The summed E-state index contributed by atoms with van der Waals surface area (Å²) >= 11 is 0. The molecular formula is C77H172N18O11. The highest BCUT2D eigenvalue weighted by atomic mass is 16.5. The molecule has 0 aromatic carbocycles. The number of aliphatic hydroxyl groups excluding tert-OH is 9. The van der Waals surface area contributed by atoms with Crippen LogP contribution in [0.4, 0.5) is 0 Å². The van der Waals surface area contributed by atoms with E-state index in [9.17, 15) is 0 Å². The van der Waals surface area contributed by atoms with Gasteiger partial charge in [-0.15, -0.1) is 0 Å². The highest BCUT2D eigenvalue weighted by molar-refractivity contribution is 4.72. The number of piperidine rings is 4. The minimum atomic E-state index is -0.0266. The van der Waals surface area contributed by atoms with E-state index in [1.807, 2.05) is 0 Å². The Morgan fingerprint density at radius 1 is 0.217 bits per heavy atom. The molecule has 106 heavy (non-hydrogen) atoms. The van der Waals surface area contributed by atoms with Gasteiger partial charge in [-0.05, 0) is 176 Å². The third-order valence-corrected chi connectivity index (χ3v) is 20.1. The minimum Gasteiger partial charge on any atom is -0.395 e. The van der Waals surface area contributed by atoms with Crippen LogP contribution in [0.2, 0.25) is 0 Å². The van der Waals surface area contributed by atoms with Crippen molar-refractivity contribution >= 4 is 0 Å². The van der Waals surface area contributed by atoms with Crippen LogP contribution in [0.1, 0.15) is 122 Å².